The van der Waals surface area contributed by atoms with Crippen molar-refractivity contribution in [2.24, 2.45) is 0 Å². The van der Waals surface area contributed by atoms with E-state index in [9.17, 15) is 20.4 Å². The minimum absolute atomic E-state index is 0.0395. The average Bonchev–Trinajstić information content (AvgIpc) is 3.33. The van der Waals surface area contributed by atoms with E-state index in [0.29, 0.717) is 26.2 Å². The zero-order valence-corrected chi connectivity index (χ0v) is 43.7. The molecule has 14 nitrogen and oxygen atoms in total. The minimum Gasteiger partial charge on any atom is -0.759 e. The predicted molar refractivity (Wildman–Crippen MR) is 290 cm³/mol. The van der Waals surface area contributed by atoms with Gasteiger partial charge in [0.2, 0.25) is 0 Å². The highest BCUT2D eigenvalue weighted by molar-refractivity contribution is 7.79. The lowest BCUT2D eigenvalue weighted by atomic mass is 9.88. The molecule has 15 heteroatoms. The van der Waals surface area contributed by atoms with E-state index in [1.165, 1.54) is 11.1 Å². The van der Waals surface area contributed by atoms with E-state index >= 15 is 0 Å². The van der Waals surface area contributed by atoms with Gasteiger partial charge in [-0.05, 0) is 142 Å². The SMILES string of the molecule is Cc1ccc(N(CCO)CCO)cc1C(=C1C=CC(=[N+](C)C)C=C1)c1ccc(N(C)C)cc1.Cc1ccc(N(CCO)CCO)cc1C(=C1C=CC(=[N+](C)C)C=C1)c1ccc(N(C)C)cc1.O=S(=O)([O-])[O-]. The fourth-order valence-corrected chi connectivity index (χ4v) is 8.04. The maximum absolute atomic E-state index is 9.52. The molecule has 0 aromatic heterocycles. The molecule has 0 fully saturated rings. The molecule has 0 atom stereocenters. The van der Waals surface area contributed by atoms with Gasteiger partial charge in [0.1, 0.15) is 28.2 Å². The summed E-state index contributed by atoms with van der Waals surface area (Å²) >= 11 is 0. The second-order valence-corrected chi connectivity index (χ2v) is 18.6. The molecule has 4 N–H and O–H groups in total. The Morgan fingerprint density at radius 3 is 0.972 bits per heavy atom. The number of hydrogen-bond acceptors (Lipinski definition) is 12. The Morgan fingerprint density at radius 1 is 0.465 bits per heavy atom. The summed E-state index contributed by atoms with van der Waals surface area (Å²) in [6, 6.07) is 30.0. The molecule has 0 heterocycles. The predicted octanol–water partition coefficient (Wildman–Crippen LogP) is 5.65. The molecule has 0 aliphatic heterocycles. The van der Waals surface area contributed by atoms with Gasteiger partial charge in [-0.25, -0.2) is 9.15 Å². The fourth-order valence-electron chi connectivity index (χ4n) is 8.04. The lowest BCUT2D eigenvalue weighted by Crippen LogP contribution is -2.29. The van der Waals surface area contributed by atoms with Gasteiger partial charge in [0.05, 0.1) is 26.4 Å². The van der Waals surface area contributed by atoms with Gasteiger partial charge < -0.3 is 49.1 Å². The molecule has 4 aromatic rings. The summed E-state index contributed by atoms with van der Waals surface area (Å²) in [5.74, 6) is 0. The molecule has 0 radical (unpaired) electrons. The summed E-state index contributed by atoms with van der Waals surface area (Å²) in [5.41, 5.74) is 18.2. The average molecular weight is 989 g/mol. The molecule has 0 saturated carbocycles. The first-order valence-corrected chi connectivity index (χ1v) is 24.7. The number of rotatable bonds is 16. The molecule has 2 aliphatic carbocycles. The first-order chi connectivity index (χ1) is 33.7. The van der Waals surface area contributed by atoms with Crippen molar-refractivity contribution in [1.82, 2.24) is 0 Å². The van der Waals surface area contributed by atoms with E-state index in [2.05, 4.69) is 166 Å². The number of aliphatic hydroxyl groups is 4. The fraction of sp³-hybridized carbons (Fsp3) is 0.321. The molecule has 4 aromatic carbocycles. The van der Waals surface area contributed by atoms with Crippen molar-refractivity contribution in [3.05, 3.63) is 178 Å². The third-order valence-electron chi connectivity index (χ3n) is 11.9. The van der Waals surface area contributed by atoms with Crippen LogP contribution in [0.25, 0.3) is 11.1 Å². The standard InChI is InChI=1S/2C28H36N3O2.H2O4S/c2*1-21-6-11-26(31(16-18-32)17-19-33)20-27(21)28(22-7-12-24(13-8-22)29(2)3)23-9-14-25(15-10-23)30(4)5;1-5(2,3)4/h2*6-15,20,32-33H,16-19H2,1-5H3;(H2,1,2,3,4)/q2*+1;/p-2. The van der Waals surface area contributed by atoms with Crippen LogP contribution >= 0.6 is 0 Å². The van der Waals surface area contributed by atoms with E-state index in [1.54, 1.807) is 0 Å². The smallest absolute Gasteiger partial charge is 0.199 e. The van der Waals surface area contributed by atoms with Crippen LogP contribution in [0, 0.1) is 13.8 Å². The maximum Gasteiger partial charge on any atom is 0.199 e. The molecule has 0 spiro atoms. The van der Waals surface area contributed by atoms with Crippen molar-refractivity contribution >= 4 is 55.7 Å². The molecule has 6 rings (SSSR count). The topological polar surface area (TPSA) is 180 Å². The van der Waals surface area contributed by atoms with E-state index in [-0.39, 0.29) is 26.4 Å². The number of aryl methyl sites for hydroxylation is 2. The van der Waals surface area contributed by atoms with Crippen molar-refractivity contribution in [2.75, 3.05) is 129 Å². The zero-order valence-electron chi connectivity index (χ0n) is 42.9. The van der Waals surface area contributed by atoms with Crippen LogP contribution in [0.1, 0.15) is 33.4 Å². The van der Waals surface area contributed by atoms with Crippen molar-refractivity contribution in [1.29, 1.82) is 0 Å². The Hall–Kier alpha value is -6.43. The second kappa shape index (κ2) is 27.2. The van der Waals surface area contributed by atoms with Gasteiger partial charge in [0.15, 0.2) is 11.4 Å². The van der Waals surface area contributed by atoms with Gasteiger partial charge in [-0.1, -0.05) is 36.4 Å². The van der Waals surface area contributed by atoms with Crippen molar-refractivity contribution in [2.45, 2.75) is 13.8 Å². The molecule has 0 amide bonds. The highest BCUT2D eigenvalue weighted by Crippen LogP contribution is 2.36. The zero-order chi connectivity index (χ0) is 52.4. The van der Waals surface area contributed by atoms with Gasteiger partial charge in [-0.15, -0.1) is 0 Å². The Balaban J connectivity index is 0.000000282. The molecular formula is C56H72N6O8S. The molecule has 2 aliphatic rings. The summed E-state index contributed by atoms with van der Waals surface area (Å²) in [6.07, 6.45) is 17.3. The van der Waals surface area contributed by atoms with Crippen molar-refractivity contribution in [3.8, 4) is 0 Å². The van der Waals surface area contributed by atoms with Crippen LogP contribution in [-0.2, 0) is 10.4 Å². The summed E-state index contributed by atoms with van der Waals surface area (Å²) in [6.45, 7) is 6.33. The number of aliphatic hydroxyl groups excluding tert-OH is 4. The number of anilines is 4. The number of hydrogen-bond donors (Lipinski definition) is 4. The van der Waals surface area contributed by atoms with Crippen LogP contribution in [0.5, 0.6) is 0 Å². The van der Waals surface area contributed by atoms with Crippen LogP contribution in [-0.4, -0.2) is 168 Å². The van der Waals surface area contributed by atoms with Crippen LogP contribution in [0.3, 0.4) is 0 Å². The molecular weight excluding hydrogens is 917 g/mol. The second-order valence-electron chi connectivity index (χ2n) is 17.8. The summed E-state index contributed by atoms with van der Waals surface area (Å²) in [5, 5.41) is 38.1. The summed E-state index contributed by atoms with van der Waals surface area (Å²) in [7, 11) is 11.2. The van der Waals surface area contributed by atoms with Crippen LogP contribution in [0.2, 0.25) is 0 Å². The van der Waals surface area contributed by atoms with Gasteiger partial charge in [0.25, 0.3) is 0 Å². The lowest BCUT2D eigenvalue weighted by molar-refractivity contribution is -0.462. The van der Waals surface area contributed by atoms with E-state index in [0.717, 1.165) is 78.7 Å². The van der Waals surface area contributed by atoms with Gasteiger partial charge in [-0.2, -0.15) is 0 Å². The monoisotopic (exact) mass is 989 g/mol. The molecule has 0 bridgehead atoms. The highest BCUT2D eigenvalue weighted by atomic mass is 32.3. The van der Waals surface area contributed by atoms with Gasteiger partial charge >= 0.3 is 0 Å². The molecule has 380 valence electrons. The summed E-state index contributed by atoms with van der Waals surface area (Å²) in [4.78, 5) is 8.24. The Kier molecular flexibility index (Phi) is 21.9. The Bertz CT molecular complexity index is 2560. The molecule has 0 saturated heterocycles. The Morgan fingerprint density at radius 2 is 0.732 bits per heavy atom. The minimum atomic E-state index is -5.17. The van der Waals surface area contributed by atoms with E-state index in [4.69, 9.17) is 17.5 Å². The van der Waals surface area contributed by atoms with Crippen LogP contribution in [0.15, 0.2) is 145 Å². The van der Waals surface area contributed by atoms with Gasteiger partial charge in [0, 0.05) is 112 Å². The highest BCUT2D eigenvalue weighted by Gasteiger charge is 2.19. The van der Waals surface area contributed by atoms with E-state index in [1.807, 2.05) is 66.2 Å². The number of nitrogens with zero attached hydrogens (tertiary/aromatic N) is 6. The quantitative estimate of drug-likeness (QED) is 0.0617. The van der Waals surface area contributed by atoms with Crippen molar-refractivity contribution < 1.29 is 47.1 Å². The molecule has 0 unspecified atom stereocenters. The lowest BCUT2D eigenvalue weighted by Gasteiger charge is -2.25. The third kappa shape index (κ3) is 16.9. The first kappa shape index (κ1) is 57.2. The first-order valence-electron chi connectivity index (χ1n) is 23.4. The number of benzene rings is 4. The van der Waals surface area contributed by atoms with Crippen LogP contribution < -0.4 is 19.6 Å². The van der Waals surface area contributed by atoms with E-state index < -0.39 is 10.4 Å². The maximum atomic E-state index is 9.52. The van der Waals surface area contributed by atoms with Crippen LogP contribution in [0.4, 0.5) is 22.7 Å². The largest absolute Gasteiger partial charge is 0.759 e. The third-order valence-corrected chi connectivity index (χ3v) is 11.9. The van der Waals surface area contributed by atoms with Crippen molar-refractivity contribution in [3.63, 3.8) is 0 Å². The molecule has 71 heavy (non-hydrogen) atoms. The Labute approximate surface area is 421 Å². The van der Waals surface area contributed by atoms with Gasteiger partial charge in [-0.3, -0.25) is 8.42 Å². The normalized spacial score (nSPS) is 12.7. The summed E-state index contributed by atoms with van der Waals surface area (Å²) < 4.78 is 38.3. The number of allylic oxidation sites excluding steroid dienone is 10.